The van der Waals surface area contributed by atoms with Crippen LogP contribution in [0.15, 0.2) is 255 Å². The van der Waals surface area contributed by atoms with E-state index < -0.39 is 0 Å². The third-order valence-electron chi connectivity index (χ3n) is 14.6. The fourth-order valence-electron chi connectivity index (χ4n) is 11.3. The van der Waals surface area contributed by atoms with Gasteiger partial charge in [0, 0.05) is 44.4 Å². The van der Waals surface area contributed by atoms with Crippen molar-refractivity contribution in [2.24, 2.45) is 0 Å². The first kappa shape index (κ1) is 40.5. The summed E-state index contributed by atoms with van der Waals surface area (Å²) in [6.07, 6.45) is 0. The van der Waals surface area contributed by atoms with Crippen molar-refractivity contribution < 1.29 is 0 Å². The van der Waals surface area contributed by atoms with Crippen molar-refractivity contribution >= 4 is 44.3 Å². The maximum Gasteiger partial charge on any atom is 0.0626 e. The second kappa shape index (κ2) is 16.3. The van der Waals surface area contributed by atoms with Gasteiger partial charge in [-0.3, -0.25) is 0 Å². The summed E-state index contributed by atoms with van der Waals surface area (Å²) in [6, 6.07) is 93.5. The fourth-order valence-corrected chi connectivity index (χ4v) is 11.3. The minimum Gasteiger partial charge on any atom is -0.310 e. The Hall–Kier alpha value is -8.72. The molecule has 2 aromatic heterocycles. The first-order valence-electron chi connectivity index (χ1n) is 24.0. The molecule has 69 heavy (non-hydrogen) atoms. The third kappa shape index (κ3) is 6.63. The Bertz CT molecular complexity index is 3750. The highest BCUT2D eigenvalue weighted by atomic mass is 15.1. The van der Waals surface area contributed by atoms with Crippen molar-refractivity contribution in [2.45, 2.75) is 19.3 Å². The van der Waals surface area contributed by atoms with Gasteiger partial charge >= 0.3 is 0 Å². The summed E-state index contributed by atoms with van der Waals surface area (Å²) < 4.78 is 2.53. The lowest BCUT2D eigenvalue weighted by Gasteiger charge is -2.28. The van der Waals surface area contributed by atoms with E-state index in [1.807, 2.05) is 0 Å². The molecule has 0 bridgehead atoms. The molecule has 0 unspecified atom stereocenters. The summed E-state index contributed by atoms with van der Waals surface area (Å²) in [5.41, 5.74) is 23.0. The number of para-hydroxylation sites is 1. The first-order chi connectivity index (χ1) is 34.0. The highest BCUT2D eigenvalue weighted by Gasteiger charge is 2.36. The topological polar surface area (TPSA) is 7.65 Å². The van der Waals surface area contributed by atoms with Gasteiger partial charge in [-0.25, -0.2) is 0 Å². The molecule has 2 nitrogen and oxygen atoms in total. The lowest BCUT2D eigenvalue weighted by Crippen LogP contribution is -2.16. The third-order valence-corrected chi connectivity index (χ3v) is 14.6. The molecular weight excluding hydrogens is 833 g/mol. The zero-order valence-corrected chi connectivity index (χ0v) is 38.6. The number of hydrogen-bond acceptors (Lipinski definition) is 1. The molecule has 0 fully saturated rings. The van der Waals surface area contributed by atoms with E-state index in [2.05, 4.69) is 278 Å². The second-order valence-electron chi connectivity index (χ2n) is 18.9. The lowest BCUT2D eigenvalue weighted by atomic mass is 9.82. The quantitative estimate of drug-likeness (QED) is 0.138. The predicted molar refractivity (Wildman–Crippen MR) is 292 cm³/mol. The van der Waals surface area contributed by atoms with Gasteiger partial charge in [-0.15, -0.1) is 0 Å². The molecule has 0 saturated heterocycles. The molecule has 0 radical (unpaired) electrons. The van der Waals surface area contributed by atoms with Crippen LogP contribution >= 0.6 is 0 Å². The molecule has 0 saturated carbocycles. The van der Waals surface area contributed by atoms with Crippen molar-refractivity contribution in [2.75, 3.05) is 4.90 Å². The van der Waals surface area contributed by atoms with Gasteiger partial charge in [0.1, 0.15) is 0 Å². The average molecular weight is 881 g/mol. The van der Waals surface area contributed by atoms with Gasteiger partial charge in [0.05, 0.1) is 16.7 Å². The zero-order chi connectivity index (χ0) is 46.1. The van der Waals surface area contributed by atoms with Crippen molar-refractivity contribution in [3.8, 4) is 66.9 Å². The van der Waals surface area contributed by atoms with Gasteiger partial charge in [-0.1, -0.05) is 226 Å². The summed E-state index contributed by atoms with van der Waals surface area (Å²) in [6.45, 7) is 4.71. The first-order valence-corrected chi connectivity index (χ1v) is 24.0. The SMILES string of the molecule is CC1(C)c2ccccc2-c2ccc(N(c3ccc(-c4ccccc4)cc3)c3ccc(-c4ccc(-c5c(-c6ccccc6)c6c7ccccc7c7ccccc7n6c5-c5ccccc5)cc4)cc3)cc21. The van der Waals surface area contributed by atoms with Crippen LogP contribution in [0.25, 0.3) is 94.1 Å². The maximum absolute atomic E-state index is 2.53. The summed E-state index contributed by atoms with van der Waals surface area (Å²) in [5.74, 6) is 0. The monoisotopic (exact) mass is 880 g/mol. The minimum atomic E-state index is -0.111. The molecule has 0 amide bonds. The number of benzene rings is 10. The maximum atomic E-state index is 2.53. The molecule has 0 N–H and O–H groups in total. The summed E-state index contributed by atoms with van der Waals surface area (Å²) in [4.78, 5) is 2.41. The number of rotatable bonds is 8. The summed E-state index contributed by atoms with van der Waals surface area (Å²) in [5, 5.41) is 3.74. The van der Waals surface area contributed by atoms with Crippen LogP contribution in [0.5, 0.6) is 0 Å². The molecule has 0 aliphatic heterocycles. The molecule has 0 spiro atoms. The molecule has 13 rings (SSSR count). The molecular formula is C67H48N2. The molecule has 2 heteroatoms. The lowest BCUT2D eigenvalue weighted by molar-refractivity contribution is 0.660. The highest BCUT2D eigenvalue weighted by molar-refractivity contribution is 6.20. The van der Waals surface area contributed by atoms with Gasteiger partial charge in [0.15, 0.2) is 0 Å². The van der Waals surface area contributed by atoms with E-state index in [1.165, 1.54) is 105 Å². The van der Waals surface area contributed by atoms with Crippen LogP contribution in [0.2, 0.25) is 0 Å². The normalized spacial score (nSPS) is 12.6. The Kier molecular flexibility index (Phi) is 9.55. The van der Waals surface area contributed by atoms with Gasteiger partial charge in [0.2, 0.25) is 0 Å². The smallest absolute Gasteiger partial charge is 0.0626 e. The standard InChI is InChI=1S/C67H48N2/c1-67(2)60-28-16-14-25-56(60)57-43-42-54(44-61(57)67)68(52-38-34-47(35-39-52)45-18-6-3-7-19-45)53-40-36-48(37-41-53)46-30-32-50(33-31-46)63-64(49-20-8-4-9-21-49)66-59-27-13-12-24-55(59)58-26-15-17-29-62(58)69(66)65(63)51-22-10-5-11-23-51/h3-44H,1-2H3. The van der Waals surface area contributed by atoms with E-state index in [4.69, 9.17) is 0 Å². The van der Waals surface area contributed by atoms with Crippen LogP contribution in [0.4, 0.5) is 17.1 Å². The van der Waals surface area contributed by atoms with Gasteiger partial charge in [0.25, 0.3) is 0 Å². The fraction of sp³-hybridized carbons (Fsp3) is 0.0448. The molecule has 10 aromatic carbocycles. The van der Waals surface area contributed by atoms with E-state index in [0.717, 1.165) is 17.1 Å². The average Bonchev–Trinajstić information content (AvgIpc) is 3.90. The number of anilines is 3. The molecule has 1 aliphatic rings. The molecule has 0 atom stereocenters. The predicted octanol–water partition coefficient (Wildman–Crippen LogP) is 18.4. The van der Waals surface area contributed by atoms with Crippen molar-refractivity contribution in [1.29, 1.82) is 0 Å². The number of fused-ring (bicyclic) bond motifs is 9. The highest BCUT2D eigenvalue weighted by Crippen LogP contribution is 2.52. The molecule has 326 valence electrons. The molecule has 12 aromatic rings. The Balaban J connectivity index is 0.935. The van der Waals surface area contributed by atoms with Crippen molar-refractivity contribution in [1.82, 2.24) is 4.40 Å². The van der Waals surface area contributed by atoms with Crippen LogP contribution in [0, 0.1) is 0 Å². The number of hydrogen-bond donors (Lipinski definition) is 0. The van der Waals surface area contributed by atoms with E-state index in [0.29, 0.717) is 0 Å². The van der Waals surface area contributed by atoms with Gasteiger partial charge in [-0.2, -0.15) is 0 Å². The van der Waals surface area contributed by atoms with Crippen LogP contribution < -0.4 is 4.90 Å². The molecule has 1 aliphatic carbocycles. The Labute approximate surface area is 403 Å². The number of nitrogens with zero attached hydrogens (tertiary/aromatic N) is 2. The van der Waals surface area contributed by atoms with E-state index in [1.54, 1.807) is 0 Å². The van der Waals surface area contributed by atoms with Crippen LogP contribution in [-0.4, -0.2) is 4.40 Å². The number of aromatic nitrogens is 1. The minimum absolute atomic E-state index is 0.111. The Morgan fingerprint density at radius 1 is 0.319 bits per heavy atom. The zero-order valence-electron chi connectivity index (χ0n) is 38.6. The van der Waals surface area contributed by atoms with Crippen molar-refractivity contribution in [3.63, 3.8) is 0 Å². The summed E-state index contributed by atoms with van der Waals surface area (Å²) in [7, 11) is 0. The summed E-state index contributed by atoms with van der Waals surface area (Å²) >= 11 is 0. The van der Waals surface area contributed by atoms with E-state index >= 15 is 0 Å². The second-order valence-corrected chi connectivity index (χ2v) is 18.9. The van der Waals surface area contributed by atoms with E-state index in [9.17, 15) is 0 Å². The largest absolute Gasteiger partial charge is 0.310 e. The number of pyridine rings is 1. The Morgan fingerprint density at radius 3 is 1.39 bits per heavy atom. The molecule has 2 heterocycles. The van der Waals surface area contributed by atoms with E-state index in [-0.39, 0.29) is 5.41 Å². The van der Waals surface area contributed by atoms with Gasteiger partial charge in [-0.05, 0) is 109 Å². The Morgan fingerprint density at radius 2 is 0.754 bits per heavy atom. The van der Waals surface area contributed by atoms with Crippen molar-refractivity contribution in [3.05, 3.63) is 266 Å². The van der Waals surface area contributed by atoms with Gasteiger partial charge < -0.3 is 9.30 Å². The van der Waals surface area contributed by atoms with Crippen LogP contribution in [0.3, 0.4) is 0 Å². The van der Waals surface area contributed by atoms with Crippen LogP contribution in [-0.2, 0) is 5.41 Å². The van der Waals surface area contributed by atoms with Crippen LogP contribution in [0.1, 0.15) is 25.0 Å².